The Morgan fingerprint density at radius 3 is 2.92 bits per heavy atom. The number of hydrogen-bond acceptors (Lipinski definition) is 1. The predicted octanol–water partition coefficient (Wildman–Crippen LogP) is 3.96. The fourth-order valence-corrected chi connectivity index (χ4v) is 1.78. The van der Waals surface area contributed by atoms with Crippen molar-refractivity contribution in [2.45, 2.75) is 6.92 Å². The number of nitrogens with zero attached hydrogens (tertiary/aromatic N) is 1. The van der Waals surface area contributed by atoms with E-state index in [-0.39, 0.29) is 0 Å². The number of aromatic nitrogens is 1. The second-order valence-electron chi connectivity index (χ2n) is 2.89. The van der Waals surface area contributed by atoms with Gasteiger partial charge in [0.25, 0.3) is 0 Å². The summed E-state index contributed by atoms with van der Waals surface area (Å²) in [5.41, 5.74) is 2.05. The maximum Gasteiger partial charge on any atom is 0.0706 e. The largest absolute Gasteiger partial charge is 0.255 e. The number of benzene rings is 1. The summed E-state index contributed by atoms with van der Waals surface area (Å²) in [5.74, 6) is 0. The minimum atomic E-state index is 0.714. The Kier molecular flexibility index (Phi) is 2.26. The van der Waals surface area contributed by atoms with E-state index in [0.29, 0.717) is 5.02 Å². The molecular formula is C10H7BrClN. The molecule has 1 nitrogen and oxygen atoms in total. The Labute approximate surface area is 89.9 Å². The van der Waals surface area contributed by atoms with Gasteiger partial charge < -0.3 is 0 Å². The molecule has 1 aromatic heterocycles. The van der Waals surface area contributed by atoms with E-state index >= 15 is 0 Å². The Morgan fingerprint density at radius 1 is 1.38 bits per heavy atom. The van der Waals surface area contributed by atoms with Crippen LogP contribution >= 0.6 is 27.5 Å². The summed E-state index contributed by atoms with van der Waals surface area (Å²) >= 11 is 9.38. The Bertz CT molecular complexity index is 462. The van der Waals surface area contributed by atoms with E-state index in [1.54, 1.807) is 6.20 Å². The molecule has 0 unspecified atom stereocenters. The van der Waals surface area contributed by atoms with Crippen LogP contribution in [0, 0.1) is 6.92 Å². The van der Waals surface area contributed by atoms with Crippen molar-refractivity contribution in [2.24, 2.45) is 0 Å². The van der Waals surface area contributed by atoms with Crippen molar-refractivity contribution in [1.82, 2.24) is 4.98 Å². The van der Waals surface area contributed by atoms with Crippen molar-refractivity contribution in [1.29, 1.82) is 0 Å². The number of hydrogen-bond donors (Lipinski definition) is 0. The van der Waals surface area contributed by atoms with Crippen LogP contribution < -0.4 is 0 Å². The summed E-state index contributed by atoms with van der Waals surface area (Å²) in [4.78, 5) is 4.23. The summed E-state index contributed by atoms with van der Waals surface area (Å²) in [6, 6.07) is 5.98. The van der Waals surface area contributed by atoms with Crippen molar-refractivity contribution in [3.05, 3.63) is 39.5 Å². The molecule has 0 N–H and O–H groups in total. The second kappa shape index (κ2) is 3.28. The van der Waals surface area contributed by atoms with E-state index in [1.807, 2.05) is 25.1 Å². The molecule has 0 bridgehead atoms. The van der Waals surface area contributed by atoms with Crippen LogP contribution in [0.2, 0.25) is 5.02 Å². The van der Waals surface area contributed by atoms with Crippen molar-refractivity contribution in [3.63, 3.8) is 0 Å². The maximum absolute atomic E-state index is 5.96. The lowest BCUT2D eigenvalue weighted by atomic mass is 10.1. The first-order valence-electron chi connectivity index (χ1n) is 3.89. The summed E-state index contributed by atoms with van der Waals surface area (Å²) < 4.78 is 1.05. The summed E-state index contributed by atoms with van der Waals surface area (Å²) in [5, 5.41) is 1.81. The molecule has 0 radical (unpaired) electrons. The lowest BCUT2D eigenvalue weighted by Crippen LogP contribution is -1.84. The van der Waals surface area contributed by atoms with Gasteiger partial charge in [-0.1, -0.05) is 27.5 Å². The van der Waals surface area contributed by atoms with Crippen LogP contribution in [0.25, 0.3) is 10.9 Å². The van der Waals surface area contributed by atoms with Gasteiger partial charge in [0.2, 0.25) is 0 Å². The lowest BCUT2D eigenvalue weighted by molar-refractivity contribution is 1.36. The SMILES string of the molecule is Cc1c(Cl)cnc2ccc(Br)cc12. The van der Waals surface area contributed by atoms with E-state index in [4.69, 9.17) is 11.6 Å². The molecule has 1 aromatic carbocycles. The highest BCUT2D eigenvalue weighted by Crippen LogP contribution is 2.25. The highest BCUT2D eigenvalue weighted by molar-refractivity contribution is 9.10. The number of fused-ring (bicyclic) bond motifs is 1. The number of aryl methyl sites for hydroxylation is 1. The Hall–Kier alpha value is -0.600. The fraction of sp³-hybridized carbons (Fsp3) is 0.100. The first-order valence-corrected chi connectivity index (χ1v) is 5.06. The monoisotopic (exact) mass is 255 g/mol. The molecule has 0 aliphatic rings. The molecule has 2 aromatic rings. The van der Waals surface area contributed by atoms with E-state index in [1.165, 1.54) is 0 Å². The summed E-state index contributed by atoms with van der Waals surface area (Å²) in [7, 11) is 0. The molecule has 13 heavy (non-hydrogen) atoms. The molecule has 1 heterocycles. The van der Waals surface area contributed by atoms with Crippen molar-refractivity contribution in [2.75, 3.05) is 0 Å². The highest BCUT2D eigenvalue weighted by Gasteiger charge is 2.02. The van der Waals surface area contributed by atoms with Gasteiger partial charge in [-0.15, -0.1) is 0 Å². The smallest absolute Gasteiger partial charge is 0.0706 e. The molecule has 0 saturated heterocycles. The van der Waals surface area contributed by atoms with E-state index in [0.717, 1.165) is 20.9 Å². The first-order chi connectivity index (χ1) is 6.18. The molecule has 66 valence electrons. The highest BCUT2D eigenvalue weighted by atomic mass is 79.9. The standard InChI is InChI=1S/C10H7BrClN/c1-6-8-4-7(11)2-3-10(8)13-5-9(6)12/h2-5H,1H3. The van der Waals surface area contributed by atoms with Crippen molar-refractivity contribution >= 4 is 38.4 Å². The fourth-order valence-electron chi connectivity index (χ4n) is 1.27. The zero-order chi connectivity index (χ0) is 9.42. The average Bonchev–Trinajstić information content (AvgIpc) is 2.12. The van der Waals surface area contributed by atoms with Crippen LogP contribution in [0.5, 0.6) is 0 Å². The minimum Gasteiger partial charge on any atom is -0.255 e. The third-order valence-corrected chi connectivity index (χ3v) is 2.91. The predicted molar refractivity (Wildman–Crippen MR) is 59.2 cm³/mol. The third-order valence-electron chi connectivity index (χ3n) is 2.04. The third kappa shape index (κ3) is 1.56. The Morgan fingerprint density at radius 2 is 2.15 bits per heavy atom. The number of pyridine rings is 1. The van der Waals surface area contributed by atoms with Crippen LogP contribution in [0.3, 0.4) is 0 Å². The van der Waals surface area contributed by atoms with E-state index in [2.05, 4.69) is 20.9 Å². The van der Waals surface area contributed by atoms with Gasteiger partial charge in [-0.05, 0) is 30.7 Å². The molecule has 2 rings (SSSR count). The van der Waals surface area contributed by atoms with Crippen molar-refractivity contribution in [3.8, 4) is 0 Å². The van der Waals surface area contributed by atoms with Crippen LogP contribution in [-0.4, -0.2) is 4.98 Å². The zero-order valence-electron chi connectivity index (χ0n) is 7.01. The van der Waals surface area contributed by atoms with Gasteiger partial charge in [0.1, 0.15) is 0 Å². The Balaban J connectivity index is 2.89. The second-order valence-corrected chi connectivity index (χ2v) is 4.22. The molecule has 0 fully saturated rings. The van der Waals surface area contributed by atoms with E-state index < -0.39 is 0 Å². The molecule has 0 amide bonds. The average molecular weight is 257 g/mol. The zero-order valence-corrected chi connectivity index (χ0v) is 9.35. The van der Waals surface area contributed by atoms with Gasteiger partial charge in [-0.25, -0.2) is 0 Å². The van der Waals surface area contributed by atoms with Crippen molar-refractivity contribution < 1.29 is 0 Å². The number of rotatable bonds is 0. The molecule has 0 atom stereocenters. The van der Waals surface area contributed by atoms with Crippen LogP contribution in [0.1, 0.15) is 5.56 Å². The first kappa shape index (κ1) is 8.97. The van der Waals surface area contributed by atoms with Gasteiger partial charge in [0.05, 0.1) is 10.5 Å². The quantitative estimate of drug-likeness (QED) is 0.695. The summed E-state index contributed by atoms with van der Waals surface area (Å²) in [6.45, 7) is 2.00. The molecular weight excluding hydrogens is 249 g/mol. The van der Waals surface area contributed by atoms with Gasteiger partial charge in [0, 0.05) is 16.1 Å². The summed E-state index contributed by atoms with van der Waals surface area (Å²) in [6.07, 6.45) is 1.69. The molecule has 0 saturated carbocycles. The minimum absolute atomic E-state index is 0.714. The molecule has 0 aliphatic carbocycles. The number of halogens is 2. The molecule has 3 heteroatoms. The molecule has 0 aliphatic heterocycles. The van der Waals surface area contributed by atoms with Crippen LogP contribution in [-0.2, 0) is 0 Å². The van der Waals surface area contributed by atoms with Gasteiger partial charge >= 0.3 is 0 Å². The van der Waals surface area contributed by atoms with E-state index in [9.17, 15) is 0 Å². The van der Waals surface area contributed by atoms with Gasteiger partial charge in [0.15, 0.2) is 0 Å². The maximum atomic E-state index is 5.96. The van der Waals surface area contributed by atoms with Gasteiger partial charge in [-0.2, -0.15) is 0 Å². The topological polar surface area (TPSA) is 12.9 Å². The van der Waals surface area contributed by atoms with Crippen LogP contribution in [0.4, 0.5) is 0 Å². The lowest BCUT2D eigenvalue weighted by Gasteiger charge is -2.03. The molecule has 0 spiro atoms. The van der Waals surface area contributed by atoms with Crippen LogP contribution in [0.15, 0.2) is 28.9 Å². The normalized spacial score (nSPS) is 10.7. The van der Waals surface area contributed by atoms with Gasteiger partial charge in [-0.3, -0.25) is 4.98 Å².